The van der Waals surface area contributed by atoms with Crippen molar-refractivity contribution in [2.24, 2.45) is 0 Å². The Bertz CT molecular complexity index is 387. The van der Waals surface area contributed by atoms with Crippen molar-refractivity contribution in [3.8, 4) is 0 Å². The van der Waals surface area contributed by atoms with Gasteiger partial charge in [0.25, 0.3) is 0 Å². The summed E-state index contributed by atoms with van der Waals surface area (Å²) in [5.74, 6) is -0.957. The maximum Gasteiger partial charge on any atom is 0.327 e. The number of carboxylic acid groups (broad SMARTS) is 1. The molecule has 2 amide bonds. The maximum absolute atomic E-state index is 12.3. The molecule has 6 nitrogen and oxygen atoms in total. The second-order valence-corrected chi connectivity index (χ2v) is 5.67. The van der Waals surface area contributed by atoms with Crippen LogP contribution in [0.2, 0.25) is 0 Å². The van der Waals surface area contributed by atoms with Gasteiger partial charge in [-0.1, -0.05) is 6.92 Å². The number of carboxylic acids is 1. The van der Waals surface area contributed by atoms with Gasteiger partial charge in [-0.15, -0.1) is 11.8 Å². The van der Waals surface area contributed by atoms with Crippen molar-refractivity contribution in [2.45, 2.75) is 43.6 Å². The van der Waals surface area contributed by atoms with E-state index in [2.05, 4.69) is 5.32 Å². The second kappa shape index (κ2) is 5.17. The van der Waals surface area contributed by atoms with Crippen LogP contribution < -0.4 is 5.32 Å². The molecular formula is C11H16N2O4S. The van der Waals surface area contributed by atoms with E-state index in [0.717, 1.165) is 0 Å². The minimum Gasteiger partial charge on any atom is -0.480 e. The molecule has 0 radical (unpaired) electrons. The molecule has 0 bridgehead atoms. The summed E-state index contributed by atoms with van der Waals surface area (Å²) in [6, 6.07) is -1.32. The van der Waals surface area contributed by atoms with Crippen LogP contribution in [-0.2, 0) is 14.4 Å². The van der Waals surface area contributed by atoms with Gasteiger partial charge in [0.1, 0.15) is 12.1 Å². The van der Waals surface area contributed by atoms with E-state index >= 15 is 0 Å². The van der Waals surface area contributed by atoms with Crippen LogP contribution in [0.3, 0.4) is 0 Å². The van der Waals surface area contributed by atoms with Gasteiger partial charge in [-0.25, -0.2) is 4.79 Å². The third-order valence-corrected chi connectivity index (χ3v) is 4.73. The molecule has 2 rings (SSSR count). The van der Waals surface area contributed by atoms with E-state index in [9.17, 15) is 14.4 Å². The number of rotatable bonds is 3. The fraction of sp³-hybridized carbons (Fsp3) is 0.727. The highest BCUT2D eigenvalue weighted by Gasteiger charge is 2.44. The van der Waals surface area contributed by atoms with Gasteiger partial charge in [-0.05, 0) is 12.8 Å². The summed E-state index contributed by atoms with van der Waals surface area (Å²) in [4.78, 5) is 36.0. The molecule has 2 fully saturated rings. The number of nitrogens with one attached hydrogen (secondary N) is 1. The van der Waals surface area contributed by atoms with Gasteiger partial charge in [-0.2, -0.15) is 0 Å². The molecule has 2 aliphatic rings. The van der Waals surface area contributed by atoms with E-state index in [1.165, 1.54) is 16.7 Å². The quantitative estimate of drug-likeness (QED) is 0.757. The number of hydrogen-bond donors (Lipinski definition) is 2. The number of amides is 2. The lowest BCUT2D eigenvalue weighted by Crippen LogP contribution is -2.52. The molecule has 2 unspecified atom stereocenters. The normalized spacial score (nSPS) is 31.5. The Labute approximate surface area is 109 Å². The summed E-state index contributed by atoms with van der Waals surface area (Å²) >= 11 is 1.49. The fourth-order valence-electron chi connectivity index (χ4n) is 2.34. The van der Waals surface area contributed by atoms with Crippen molar-refractivity contribution in [3.05, 3.63) is 0 Å². The first-order chi connectivity index (χ1) is 8.54. The lowest BCUT2D eigenvalue weighted by atomic mass is 10.1. The monoisotopic (exact) mass is 272 g/mol. The van der Waals surface area contributed by atoms with E-state index in [1.807, 2.05) is 6.92 Å². The smallest absolute Gasteiger partial charge is 0.327 e. The molecule has 2 aliphatic heterocycles. The number of nitrogens with zero attached hydrogens (tertiary/aromatic N) is 1. The highest BCUT2D eigenvalue weighted by Crippen LogP contribution is 2.32. The van der Waals surface area contributed by atoms with E-state index < -0.39 is 18.1 Å². The van der Waals surface area contributed by atoms with Crippen molar-refractivity contribution in [2.75, 3.05) is 5.75 Å². The molecule has 2 N–H and O–H groups in total. The predicted octanol–water partition coefficient (Wildman–Crippen LogP) is 0.0297. The summed E-state index contributed by atoms with van der Waals surface area (Å²) in [6.07, 6.45) is 1.51. The Morgan fingerprint density at radius 3 is 2.78 bits per heavy atom. The zero-order valence-corrected chi connectivity index (χ0v) is 10.9. The summed E-state index contributed by atoms with van der Waals surface area (Å²) < 4.78 is 0. The maximum atomic E-state index is 12.3. The molecule has 2 saturated heterocycles. The lowest BCUT2D eigenvalue weighted by molar-refractivity contribution is -0.150. The van der Waals surface area contributed by atoms with Crippen LogP contribution in [0.15, 0.2) is 0 Å². The average molecular weight is 272 g/mol. The molecule has 0 saturated carbocycles. The summed E-state index contributed by atoms with van der Waals surface area (Å²) in [7, 11) is 0. The Morgan fingerprint density at radius 1 is 1.56 bits per heavy atom. The molecule has 0 spiro atoms. The van der Waals surface area contributed by atoms with Gasteiger partial charge in [0, 0.05) is 12.2 Å². The minimum atomic E-state index is -0.976. The molecule has 2 heterocycles. The first-order valence-corrected chi connectivity index (χ1v) is 7.05. The van der Waals surface area contributed by atoms with E-state index in [1.54, 1.807) is 0 Å². The molecule has 18 heavy (non-hydrogen) atoms. The van der Waals surface area contributed by atoms with Gasteiger partial charge >= 0.3 is 5.97 Å². The van der Waals surface area contributed by atoms with Gasteiger partial charge in [0.15, 0.2) is 0 Å². The predicted molar refractivity (Wildman–Crippen MR) is 66.0 cm³/mol. The Hall–Kier alpha value is -1.24. The topological polar surface area (TPSA) is 86.7 Å². The molecule has 7 heteroatoms. The minimum absolute atomic E-state index is 0.101. The third kappa shape index (κ3) is 2.31. The molecule has 0 aromatic carbocycles. The van der Waals surface area contributed by atoms with Gasteiger partial charge < -0.3 is 15.3 Å². The molecule has 0 aromatic heterocycles. The number of carbonyl (C=O) groups is 3. The van der Waals surface area contributed by atoms with Crippen LogP contribution in [0, 0.1) is 0 Å². The first kappa shape index (κ1) is 13.2. The SMILES string of the molecule is CCC1SCC(C(=O)O)N1C(=O)[C@H]1CCC(=O)N1. The Balaban J connectivity index is 2.14. The Kier molecular flexibility index (Phi) is 3.79. The zero-order valence-electron chi connectivity index (χ0n) is 10.1. The highest BCUT2D eigenvalue weighted by molar-refractivity contribution is 8.00. The molecule has 0 aromatic rings. The highest BCUT2D eigenvalue weighted by atomic mass is 32.2. The Morgan fingerprint density at radius 2 is 2.28 bits per heavy atom. The number of hydrogen-bond acceptors (Lipinski definition) is 4. The first-order valence-electron chi connectivity index (χ1n) is 6.00. The summed E-state index contributed by atoms with van der Waals surface area (Å²) in [5, 5.41) is 11.6. The van der Waals surface area contributed by atoms with Crippen LogP contribution in [-0.4, -0.2) is 51.0 Å². The molecular weight excluding hydrogens is 256 g/mol. The van der Waals surface area contributed by atoms with Crippen molar-refractivity contribution in [1.82, 2.24) is 10.2 Å². The van der Waals surface area contributed by atoms with Crippen molar-refractivity contribution >= 4 is 29.5 Å². The fourth-order valence-corrected chi connectivity index (χ4v) is 3.70. The van der Waals surface area contributed by atoms with Gasteiger partial charge in [-0.3, -0.25) is 9.59 Å². The number of carbonyl (C=O) groups excluding carboxylic acids is 2. The molecule has 0 aliphatic carbocycles. The average Bonchev–Trinajstić information content (AvgIpc) is 2.93. The second-order valence-electron chi connectivity index (χ2n) is 4.45. The number of aliphatic carboxylic acids is 1. The zero-order chi connectivity index (χ0) is 13.3. The van der Waals surface area contributed by atoms with Crippen LogP contribution in [0.5, 0.6) is 0 Å². The summed E-state index contributed by atoms with van der Waals surface area (Å²) in [6.45, 7) is 1.93. The van der Waals surface area contributed by atoms with Crippen molar-refractivity contribution in [3.63, 3.8) is 0 Å². The number of thioether (sulfide) groups is 1. The third-order valence-electron chi connectivity index (χ3n) is 3.27. The van der Waals surface area contributed by atoms with E-state index in [4.69, 9.17) is 5.11 Å². The van der Waals surface area contributed by atoms with Gasteiger partial charge in [0.2, 0.25) is 11.8 Å². The van der Waals surface area contributed by atoms with Crippen molar-refractivity contribution < 1.29 is 19.5 Å². The van der Waals surface area contributed by atoms with E-state index in [-0.39, 0.29) is 17.2 Å². The van der Waals surface area contributed by atoms with Crippen molar-refractivity contribution in [1.29, 1.82) is 0 Å². The standard InChI is InChI=1S/C11H16N2O4S/c1-2-9-13(7(5-18-9)11(16)17)10(15)6-3-4-8(14)12-6/h6-7,9H,2-5H2,1H3,(H,12,14)(H,16,17)/t6-,7?,9?/m1/s1. The lowest BCUT2D eigenvalue weighted by Gasteiger charge is -2.29. The van der Waals surface area contributed by atoms with E-state index in [0.29, 0.717) is 25.0 Å². The largest absolute Gasteiger partial charge is 0.480 e. The summed E-state index contributed by atoms with van der Waals surface area (Å²) in [5.41, 5.74) is 0. The van der Waals surface area contributed by atoms with Crippen LogP contribution in [0.1, 0.15) is 26.2 Å². The molecule has 3 atom stereocenters. The van der Waals surface area contributed by atoms with Crippen LogP contribution >= 0.6 is 11.8 Å². The molecule has 100 valence electrons. The van der Waals surface area contributed by atoms with Crippen LogP contribution in [0.4, 0.5) is 0 Å². The van der Waals surface area contributed by atoms with Gasteiger partial charge in [0.05, 0.1) is 5.37 Å². The van der Waals surface area contributed by atoms with Crippen LogP contribution in [0.25, 0.3) is 0 Å².